The summed E-state index contributed by atoms with van der Waals surface area (Å²) in [6.45, 7) is 4.64. The number of carbonyl (C=O) groups is 1. The molecule has 1 amide bonds. The Hall–Kier alpha value is -2.31. The largest absolute Gasteiger partial charge is 0.481 e. The highest BCUT2D eigenvalue weighted by molar-refractivity contribution is 5.81. The fourth-order valence-electron chi connectivity index (χ4n) is 3.48. The first-order valence-electron chi connectivity index (χ1n) is 7.90. The molecule has 1 aliphatic heterocycles. The van der Waals surface area contributed by atoms with E-state index in [0.29, 0.717) is 0 Å². The number of aromatic nitrogens is 4. The first-order chi connectivity index (χ1) is 11.0. The molecule has 0 unspecified atom stereocenters. The van der Waals surface area contributed by atoms with E-state index in [4.69, 9.17) is 4.74 Å². The molecule has 0 bridgehead atoms. The van der Waals surface area contributed by atoms with E-state index >= 15 is 0 Å². The van der Waals surface area contributed by atoms with Crippen LogP contribution in [0.5, 0.6) is 5.88 Å². The first kappa shape index (κ1) is 15.6. The molecule has 23 heavy (non-hydrogen) atoms. The Morgan fingerprint density at radius 2 is 2.26 bits per heavy atom. The molecular formula is C16H23N5O2. The summed E-state index contributed by atoms with van der Waals surface area (Å²) >= 11 is 0. The Balaban J connectivity index is 1.90. The highest BCUT2D eigenvalue weighted by Crippen LogP contribution is 2.39. The lowest BCUT2D eigenvalue weighted by atomic mass is 10.0. The van der Waals surface area contributed by atoms with Crippen molar-refractivity contribution in [2.75, 3.05) is 13.7 Å². The topological polar surface area (TPSA) is 65.2 Å². The lowest BCUT2D eigenvalue weighted by Crippen LogP contribution is -2.35. The van der Waals surface area contributed by atoms with E-state index in [9.17, 15) is 4.79 Å². The molecule has 7 heteroatoms. The van der Waals surface area contributed by atoms with Crippen LogP contribution in [0.1, 0.15) is 43.1 Å². The molecule has 2 aromatic rings. The number of hydrogen-bond acceptors (Lipinski definition) is 4. The van der Waals surface area contributed by atoms with Crippen molar-refractivity contribution in [2.45, 2.75) is 38.8 Å². The fraction of sp³-hybridized carbons (Fsp3) is 0.562. The molecule has 0 saturated carbocycles. The van der Waals surface area contributed by atoms with Gasteiger partial charge in [0.1, 0.15) is 6.04 Å². The summed E-state index contributed by atoms with van der Waals surface area (Å²) in [4.78, 5) is 18.9. The number of aryl methyl sites for hydroxylation is 2. The summed E-state index contributed by atoms with van der Waals surface area (Å²) in [5, 5.41) is 4.45. The average Bonchev–Trinajstić information content (AvgIpc) is 3.24. The van der Waals surface area contributed by atoms with Crippen LogP contribution >= 0.6 is 0 Å². The molecule has 2 aromatic heterocycles. The third kappa shape index (κ3) is 2.60. The van der Waals surface area contributed by atoms with Crippen molar-refractivity contribution in [3.8, 4) is 5.88 Å². The third-order valence-electron chi connectivity index (χ3n) is 4.61. The second-order valence-electron chi connectivity index (χ2n) is 6.01. The molecule has 7 nitrogen and oxygen atoms in total. The van der Waals surface area contributed by atoms with E-state index in [1.807, 2.05) is 36.6 Å². The number of imidazole rings is 1. The highest BCUT2D eigenvalue weighted by Gasteiger charge is 2.36. The quantitative estimate of drug-likeness (QED) is 0.863. The van der Waals surface area contributed by atoms with Gasteiger partial charge in [-0.05, 0) is 26.7 Å². The molecule has 3 heterocycles. The Labute approximate surface area is 135 Å². The molecule has 0 aromatic carbocycles. The molecule has 1 saturated heterocycles. The zero-order valence-electron chi connectivity index (χ0n) is 14.1. The van der Waals surface area contributed by atoms with Crippen LogP contribution in [-0.4, -0.2) is 43.8 Å². The predicted molar refractivity (Wildman–Crippen MR) is 85.1 cm³/mol. The second kappa shape index (κ2) is 6.06. The van der Waals surface area contributed by atoms with E-state index in [2.05, 4.69) is 10.1 Å². The second-order valence-corrected chi connectivity index (χ2v) is 6.01. The Kier molecular flexibility index (Phi) is 4.11. The van der Waals surface area contributed by atoms with E-state index < -0.39 is 0 Å². The van der Waals surface area contributed by atoms with Gasteiger partial charge in [-0.2, -0.15) is 5.10 Å². The number of ether oxygens (including phenoxy) is 1. The van der Waals surface area contributed by atoms with Gasteiger partial charge in [0.05, 0.1) is 30.7 Å². The number of hydrogen-bond donors (Lipinski definition) is 0. The predicted octanol–water partition coefficient (Wildman–Crippen LogP) is 1.86. The molecule has 0 N–H and O–H groups in total. The maximum atomic E-state index is 13.0. The molecule has 124 valence electrons. The van der Waals surface area contributed by atoms with Crippen molar-refractivity contribution >= 4 is 5.91 Å². The van der Waals surface area contributed by atoms with Crippen molar-refractivity contribution < 1.29 is 9.53 Å². The Morgan fingerprint density at radius 3 is 2.91 bits per heavy atom. The summed E-state index contributed by atoms with van der Waals surface area (Å²) in [6, 6.07) is -0.238. The molecule has 0 spiro atoms. The summed E-state index contributed by atoms with van der Waals surface area (Å²) in [5.41, 5.74) is 1.95. The van der Waals surface area contributed by atoms with Gasteiger partial charge in [-0.15, -0.1) is 0 Å². The van der Waals surface area contributed by atoms with E-state index in [0.717, 1.165) is 36.5 Å². The van der Waals surface area contributed by atoms with Crippen molar-refractivity contribution in [1.29, 1.82) is 0 Å². The van der Waals surface area contributed by atoms with Crippen molar-refractivity contribution in [3.05, 3.63) is 30.0 Å². The van der Waals surface area contributed by atoms with Crippen LogP contribution in [0, 0.1) is 6.92 Å². The van der Waals surface area contributed by atoms with Crippen LogP contribution in [0.2, 0.25) is 0 Å². The number of carbonyl (C=O) groups excluding carboxylic acids is 1. The van der Waals surface area contributed by atoms with Gasteiger partial charge in [-0.3, -0.25) is 4.79 Å². The van der Waals surface area contributed by atoms with Crippen LogP contribution < -0.4 is 4.74 Å². The molecular weight excluding hydrogens is 294 g/mol. The Bertz CT molecular complexity index is 692. The monoisotopic (exact) mass is 317 g/mol. The first-order valence-corrected chi connectivity index (χ1v) is 7.90. The number of nitrogens with zero attached hydrogens (tertiary/aromatic N) is 5. The van der Waals surface area contributed by atoms with Crippen LogP contribution in [0.3, 0.4) is 0 Å². The molecule has 2 atom stereocenters. The van der Waals surface area contributed by atoms with Crippen LogP contribution in [0.25, 0.3) is 0 Å². The normalized spacial score (nSPS) is 19.1. The summed E-state index contributed by atoms with van der Waals surface area (Å²) < 4.78 is 9.10. The van der Waals surface area contributed by atoms with Gasteiger partial charge in [-0.25, -0.2) is 9.67 Å². The number of amides is 1. The molecule has 0 radical (unpaired) electrons. The van der Waals surface area contributed by atoms with Crippen molar-refractivity contribution in [2.24, 2.45) is 7.05 Å². The average molecular weight is 317 g/mol. The van der Waals surface area contributed by atoms with Crippen molar-refractivity contribution in [3.63, 3.8) is 0 Å². The lowest BCUT2D eigenvalue weighted by Gasteiger charge is -2.28. The van der Waals surface area contributed by atoms with Gasteiger partial charge < -0.3 is 14.2 Å². The van der Waals surface area contributed by atoms with Crippen molar-refractivity contribution in [1.82, 2.24) is 24.2 Å². The smallest absolute Gasteiger partial charge is 0.245 e. The van der Waals surface area contributed by atoms with Gasteiger partial charge >= 0.3 is 0 Å². The molecule has 3 rings (SSSR count). The van der Waals surface area contributed by atoms with Gasteiger partial charge in [-0.1, -0.05) is 0 Å². The minimum atomic E-state index is -0.263. The zero-order chi connectivity index (χ0) is 16.6. The van der Waals surface area contributed by atoms with Gasteiger partial charge in [0.25, 0.3) is 0 Å². The van der Waals surface area contributed by atoms with Gasteiger partial charge in [0.15, 0.2) is 0 Å². The summed E-state index contributed by atoms with van der Waals surface area (Å²) in [6.07, 6.45) is 7.13. The van der Waals surface area contributed by atoms with E-state index in [1.54, 1.807) is 24.3 Å². The minimum Gasteiger partial charge on any atom is -0.481 e. The maximum Gasteiger partial charge on any atom is 0.245 e. The summed E-state index contributed by atoms with van der Waals surface area (Å²) in [7, 11) is 3.51. The van der Waals surface area contributed by atoms with Crippen LogP contribution in [-0.2, 0) is 11.8 Å². The number of rotatable bonds is 4. The SMILES string of the molecule is COc1c([C@@H]2CCCN2C(=O)[C@H](C)n2ccnc2)c(C)nn1C. The molecule has 0 aliphatic carbocycles. The minimum absolute atomic E-state index is 0.0251. The lowest BCUT2D eigenvalue weighted by molar-refractivity contribution is -0.135. The summed E-state index contributed by atoms with van der Waals surface area (Å²) in [5.74, 6) is 0.846. The zero-order valence-corrected chi connectivity index (χ0v) is 14.1. The van der Waals surface area contributed by atoms with Gasteiger partial charge in [0, 0.05) is 26.0 Å². The van der Waals surface area contributed by atoms with Gasteiger partial charge in [0.2, 0.25) is 11.8 Å². The third-order valence-corrected chi connectivity index (χ3v) is 4.61. The highest BCUT2D eigenvalue weighted by atomic mass is 16.5. The number of methoxy groups -OCH3 is 1. The molecule has 1 aliphatic rings. The van der Waals surface area contributed by atoms with E-state index in [1.165, 1.54) is 0 Å². The maximum absolute atomic E-state index is 13.0. The number of likely N-dealkylation sites (tertiary alicyclic amines) is 1. The van der Waals surface area contributed by atoms with Crippen LogP contribution in [0.15, 0.2) is 18.7 Å². The standard InChI is InChI=1S/C16H23N5O2/c1-11-14(16(23-4)19(3)18-11)13-6-5-8-21(13)15(22)12(2)20-9-7-17-10-20/h7,9-10,12-13H,5-6,8H2,1-4H3/t12-,13-/m0/s1. The van der Waals surface area contributed by atoms with E-state index in [-0.39, 0.29) is 18.0 Å². The van der Waals surface area contributed by atoms with Crippen LogP contribution in [0.4, 0.5) is 0 Å². The molecule has 1 fully saturated rings. The fourth-order valence-corrected chi connectivity index (χ4v) is 3.48. The Morgan fingerprint density at radius 1 is 1.48 bits per heavy atom.